The van der Waals surface area contributed by atoms with Crippen LogP contribution in [0.15, 0.2) is 18.2 Å². The van der Waals surface area contributed by atoms with Gasteiger partial charge in [0.15, 0.2) is 5.75 Å². The second-order valence-electron chi connectivity index (χ2n) is 4.92. The van der Waals surface area contributed by atoms with E-state index < -0.39 is 0 Å². The van der Waals surface area contributed by atoms with E-state index >= 15 is 0 Å². The number of amides is 1. The number of anilines is 1. The molecule has 4 nitrogen and oxygen atoms in total. The lowest BCUT2D eigenvalue weighted by Gasteiger charge is -2.25. The van der Waals surface area contributed by atoms with E-state index in [4.69, 9.17) is 10.5 Å². The lowest BCUT2D eigenvalue weighted by molar-refractivity contribution is 0.0724. The molecular weight excluding hydrogens is 228 g/mol. The highest BCUT2D eigenvalue weighted by molar-refractivity contribution is 5.98. The quantitative estimate of drug-likeness (QED) is 0.831. The monoisotopic (exact) mass is 248 g/mol. The third-order valence-corrected chi connectivity index (χ3v) is 3.72. The van der Waals surface area contributed by atoms with Gasteiger partial charge in [0, 0.05) is 13.1 Å². The molecule has 1 unspecified atom stereocenters. The van der Waals surface area contributed by atoms with Gasteiger partial charge in [-0.05, 0) is 37.8 Å². The van der Waals surface area contributed by atoms with Gasteiger partial charge < -0.3 is 15.4 Å². The summed E-state index contributed by atoms with van der Waals surface area (Å²) in [5.74, 6) is 1.09. The van der Waals surface area contributed by atoms with Crippen LogP contribution >= 0.6 is 0 Å². The van der Waals surface area contributed by atoms with Crippen molar-refractivity contribution in [2.24, 2.45) is 5.92 Å². The van der Waals surface area contributed by atoms with Crippen molar-refractivity contribution in [3.63, 3.8) is 0 Å². The second-order valence-corrected chi connectivity index (χ2v) is 4.92. The Morgan fingerprint density at radius 2 is 2.17 bits per heavy atom. The summed E-state index contributed by atoms with van der Waals surface area (Å²) in [5, 5.41) is 0. The average molecular weight is 248 g/mol. The van der Waals surface area contributed by atoms with Crippen LogP contribution in [0.5, 0.6) is 5.75 Å². The van der Waals surface area contributed by atoms with E-state index in [1.54, 1.807) is 23.1 Å². The Bertz CT molecular complexity index is 455. The van der Waals surface area contributed by atoms with Gasteiger partial charge in [0.1, 0.15) is 0 Å². The van der Waals surface area contributed by atoms with Gasteiger partial charge in [0.2, 0.25) is 0 Å². The van der Waals surface area contributed by atoms with Crippen molar-refractivity contribution in [2.45, 2.75) is 25.8 Å². The third kappa shape index (κ3) is 2.28. The molecule has 98 valence electrons. The zero-order valence-corrected chi connectivity index (χ0v) is 11.1. The minimum Gasteiger partial charge on any atom is -0.494 e. The Hall–Kier alpha value is -1.71. The summed E-state index contributed by atoms with van der Waals surface area (Å²) in [4.78, 5) is 14.2. The van der Waals surface area contributed by atoms with Crippen molar-refractivity contribution in [1.29, 1.82) is 0 Å². The maximum atomic E-state index is 12.4. The first-order chi connectivity index (χ1) is 8.56. The molecule has 4 heteroatoms. The number of ether oxygens (including phenoxy) is 1. The van der Waals surface area contributed by atoms with Crippen LogP contribution in [0.3, 0.4) is 0 Å². The van der Waals surface area contributed by atoms with E-state index in [1.165, 1.54) is 20.0 Å². The summed E-state index contributed by atoms with van der Waals surface area (Å²) in [5.41, 5.74) is 6.85. The van der Waals surface area contributed by atoms with Gasteiger partial charge >= 0.3 is 0 Å². The standard InChI is InChI=1S/C14H20N2O2/c1-9(10-7-8-10)16(2)14(17)11-5-4-6-12(15)13(11)18-3/h4-6,9-10H,7-8,15H2,1-3H3. The lowest BCUT2D eigenvalue weighted by Crippen LogP contribution is -2.36. The van der Waals surface area contributed by atoms with E-state index in [0.29, 0.717) is 22.9 Å². The fourth-order valence-corrected chi connectivity index (χ4v) is 2.22. The summed E-state index contributed by atoms with van der Waals surface area (Å²) in [6.45, 7) is 2.09. The Morgan fingerprint density at radius 1 is 1.50 bits per heavy atom. The second kappa shape index (κ2) is 4.88. The first-order valence-electron chi connectivity index (χ1n) is 6.26. The largest absolute Gasteiger partial charge is 0.494 e. The number of rotatable bonds is 4. The Labute approximate surface area is 108 Å². The Morgan fingerprint density at radius 3 is 2.72 bits per heavy atom. The topological polar surface area (TPSA) is 55.6 Å². The first-order valence-corrected chi connectivity index (χ1v) is 6.26. The van der Waals surface area contributed by atoms with E-state index in [1.807, 2.05) is 7.05 Å². The summed E-state index contributed by atoms with van der Waals surface area (Å²) in [7, 11) is 3.38. The highest BCUT2D eigenvalue weighted by atomic mass is 16.5. The van der Waals surface area contributed by atoms with Gasteiger partial charge in [-0.25, -0.2) is 0 Å². The molecule has 1 atom stereocenters. The summed E-state index contributed by atoms with van der Waals surface area (Å²) in [6.07, 6.45) is 2.43. The molecule has 1 fully saturated rings. The van der Waals surface area contributed by atoms with Crippen LogP contribution in [0.1, 0.15) is 30.1 Å². The summed E-state index contributed by atoms with van der Waals surface area (Å²) in [6, 6.07) is 5.54. The van der Waals surface area contributed by atoms with Gasteiger partial charge in [-0.15, -0.1) is 0 Å². The summed E-state index contributed by atoms with van der Waals surface area (Å²) >= 11 is 0. The predicted octanol–water partition coefficient (Wildman–Crippen LogP) is 2.15. The molecule has 1 aromatic rings. The molecule has 0 saturated heterocycles. The number of nitrogens with two attached hydrogens (primary N) is 1. The van der Waals surface area contributed by atoms with E-state index in [-0.39, 0.29) is 11.9 Å². The van der Waals surface area contributed by atoms with Crippen molar-refractivity contribution in [3.8, 4) is 5.75 Å². The molecule has 1 aliphatic rings. The van der Waals surface area contributed by atoms with Crippen LogP contribution in [0.25, 0.3) is 0 Å². The van der Waals surface area contributed by atoms with Crippen molar-refractivity contribution in [2.75, 3.05) is 19.9 Å². The fourth-order valence-electron chi connectivity index (χ4n) is 2.22. The van der Waals surface area contributed by atoms with Gasteiger partial charge in [-0.2, -0.15) is 0 Å². The van der Waals surface area contributed by atoms with Crippen molar-refractivity contribution in [3.05, 3.63) is 23.8 Å². The van der Waals surface area contributed by atoms with Crippen LogP contribution in [0.2, 0.25) is 0 Å². The molecule has 0 heterocycles. The normalized spacial score (nSPS) is 16.2. The number of hydrogen-bond acceptors (Lipinski definition) is 3. The molecule has 0 aromatic heterocycles. The maximum absolute atomic E-state index is 12.4. The minimum atomic E-state index is -0.0291. The number of methoxy groups -OCH3 is 1. The molecule has 2 N–H and O–H groups in total. The van der Waals surface area contributed by atoms with Crippen molar-refractivity contribution < 1.29 is 9.53 Å². The summed E-state index contributed by atoms with van der Waals surface area (Å²) < 4.78 is 5.23. The number of benzene rings is 1. The number of hydrogen-bond donors (Lipinski definition) is 1. The molecule has 1 amide bonds. The number of nitrogen functional groups attached to an aromatic ring is 1. The van der Waals surface area contributed by atoms with Crippen molar-refractivity contribution >= 4 is 11.6 Å². The van der Waals surface area contributed by atoms with Crippen LogP contribution in [0, 0.1) is 5.92 Å². The van der Waals surface area contributed by atoms with E-state index in [9.17, 15) is 4.79 Å². The van der Waals surface area contributed by atoms with Crippen LogP contribution in [0.4, 0.5) is 5.69 Å². The first kappa shape index (κ1) is 12.7. The van der Waals surface area contributed by atoms with Crippen LogP contribution in [-0.4, -0.2) is 31.0 Å². The molecule has 1 saturated carbocycles. The van der Waals surface area contributed by atoms with Gasteiger partial charge in [0.05, 0.1) is 18.4 Å². The highest BCUT2D eigenvalue weighted by Gasteiger charge is 2.33. The van der Waals surface area contributed by atoms with Crippen molar-refractivity contribution in [1.82, 2.24) is 4.90 Å². The molecule has 2 rings (SSSR count). The molecule has 18 heavy (non-hydrogen) atoms. The SMILES string of the molecule is COc1c(N)cccc1C(=O)N(C)C(C)C1CC1. The zero-order chi connectivity index (χ0) is 13.3. The maximum Gasteiger partial charge on any atom is 0.257 e. The van der Waals surface area contributed by atoms with E-state index in [2.05, 4.69) is 6.92 Å². The molecule has 1 aliphatic carbocycles. The highest BCUT2D eigenvalue weighted by Crippen LogP contribution is 2.36. The predicted molar refractivity (Wildman–Crippen MR) is 71.7 cm³/mol. The average Bonchev–Trinajstić information content (AvgIpc) is 3.20. The van der Waals surface area contributed by atoms with Gasteiger partial charge in [0.25, 0.3) is 5.91 Å². The molecule has 0 bridgehead atoms. The molecule has 1 aromatic carbocycles. The Kier molecular flexibility index (Phi) is 3.45. The van der Waals surface area contributed by atoms with E-state index in [0.717, 1.165) is 0 Å². The minimum absolute atomic E-state index is 0.0291. The molecule has 0 aliphatic heterocycles. The Balaban J connectivity index is 2.24. The number of carbonyl (C=O) groups excluding carboxylic acids is 1. The van der Waals surface area contributed by atoms with Crippen LogP contribution in [-0.2, 0) is 0 Å². The van der Waals surface area contributed by atoms with Gasteiger partial charge in [-0.3, -0.25) is 4.79 Å². The molecule has 0 radical (unpaired) electrons. The van der Waals surface area contributed by atoms with Gasteiger partial charge in [-0.1, -0.05) is 6.07 Å². The number of carbonyl (C=O) groups is 1. The zero-order valence-electron chi connectivity index (χ0n) is 11.1. The third-order valence-electron chi connectivity index (χ3n) is 3.72. The molecule has 0 spiro atoms. The lowest BCUT2D eigenvalue weighted by atomic mass is 10.1. The molecular formula is C14H20N2O2. The smallest absolute Gasteiger partial charge is 0.257 e. The number of para-hydroxylation sites is 1. The van der Waals surface area contributed by atoms with Crippen LogP contribution < -0.4 is 10.5 Å². The fraction of sp³-hybridized carbons (Fsp3) is 0.500. The number of nitrogens with zero attached hydrogens (tertiary/aromatic N) is 1.